The second-order valence-electron chi connectivity index (χ2n) is 8.51. The molecule has 144 valence electrons. The van der Waals surface area contributed by atoms with Crippen LogP contribution < -0.4 is 16.4 Å². The van der Waals surface area contributed by atoms with Crippen LogP contribution in [0.1, 0.15) is 56.2 Å². The maximum atomic E-state index is 5.79. The lowest BCUT2D eigenvalue weighted by Gasteiger charge is -2.34. The van der Waals surface area contributed by atoms with E-state index in [0.29, 0.717) is 23.9 Å². The molecule has 0 aromatic carbocycles. The summed E-state index contributed by atoms with van der Waals surface area (Å²) >= 11 is 0. The maximum Gasteiger partial charge on any atom is 0.0749 e. The van der Waals surface area contributed by atoms with Gasteiger partial charge in [0.1, 0.15) is 0 Å². The largest absolute Gasteiger partial charge is 0.381 e. The third kappa shape index (κ3) is 3.60. The molecular formula is C21H30N6. The first-order valence-electron chi connectivity index (χ1n) is 10.5. The molecular weight excluding hydrogens is 336 g/mol. The predicted octanol–water partition coefficient (Wildman–Crippen LogP) is 2.90. The number of hydrogen-bond acceptors (Lipinski definition) is 5. The molecule has 0 unspecified atom stereocenters. The highest BCUT2D eigenvalue weighted by atomic mass is 15.3. The van der Waals surface area contributed by atoms with Gasteiger partial charge in [0, 0.05) is 23.7 Å². The van der Waals surface area contributed by atoms with Crippen LogP contribution in [0.3, 0.4) is 0 Å². The number of rotatable bonds is 6. The number of aromatic nitrogens is 3. The number of nitrogens with two attached hydrogens (primary N) is 1. The molecule has 1 saturated heterocycles. The minimum Gasteiger partial charge on any atom is -0.381 e. The number of piperidine rings is 1. The van der Waals surface area contributed by atoms with Gasteiger partial charge in [-0.15, -0.1) is 0 Å². The predicted molar refractivity (Wildman–Crippen MR) is 108 cm³/mol. The highest BCUT2D eigenvalue weighted by Crippen LogP contribution is 2.45. The molecule has 2 aromatic rings. The quantitative estimate of drug-likeness (QED) is 0.732. The molecule has 2 saturated carbocycles. The number of anilines is 1. The van der Waals surface area contributed by atoms with E-state index in [1.807, 2.05) is 6.20 Å². The zero-order chi connectivity index (χ0) is 18.2. The average Bonchev–Trinajstić information content (AvgIpc) is 3.42. The number of nitrogens with one attached hydrogen (secondary N) is 2. The maximum absolute atomic E-state index is 5.79. The number of hydrogen-bond donors (Lipinski definition) is 3. The number of nitrogens with zero attached hydrogens (tertiary/aromatic N) is 3. The summed E-state index contributed by atoms with van der Waals surface area (Å²) in [4.78, 5) is 4.78. The van der Waals surface area contributed by atoms with Crippen molar-refractivity contribution in [3.8, 4) is 11.3 Å². The molecule has 0 amide bonds. The fraction of sp³-hybridized carbons (Fsp3) is 0.619. The van der Waals surface area contributed by atoms with Gasteiger partial charge in [0.15, 0.2) is 0 Å². The summed E-state index contributed by atoms with van der Waals surface area (Å²) < 4.78 is 2.19. The second kappa shape index (κ2) is 7.24. The van der Waals surface area contributed by atoms with Crippen molar-refractivity contribution in [3.05, 3.63) is 30.2 Å². The Hall–Kier alpha value is -1.92. The topological polar surface area (TPSA) is 80.8 Å². The van der Waals surface area contributed by atoms with E-state index in [0.717, 1.165) is 43.9 Å². The summed E-state index contributed by atoms with van der Waals surface area (Å²) in [6, 6.07) is 5.40. The molecule has 0 radical (unpaired) electrons. The normalized spacial score (nSPS) is 26.0. The van der Waals surface area contributed by atoms with Crippen molar-refractivity contribution in [1.82, 2.24) is 20.1 Å². The first kappa shape index (κ1) is 17.2. The van der Waals surface area contributed by atoms with Gasteiger partial charge in [0.05, 0.1) is 29.3 Å². The van der Waals surface area contributed by atoms with Crippen molar-refractivity contribution in [2.24, 2.45) is 11.7 Å². The zero-order valence-corrected chi connectivity index (χ0v) is 15.9. The van der Waals surface area contributed by atoms with Gasteiger partial charge >= 0.3 is 0 Å². The Labute approximate surface area is 160 Å². The van der Waals surface area contributed by atoms with Crippen molar-refractivity contribution in [1.29, 1.82) is 0 Å². The fourth-order valence-corrected chi connectivity index (χ4v) is 4.40. The summed E-state index contributed by atoms with van der Waals surface area (Å²) in [6.45, 7) is 2.99. The summed E-state index contributed by atoms with van der Waals surface area (Å²) in [7, 11) is 0. The highest BCUT2D eigenvalue weighted by molar-refractivity contribution is 5.64. The Morgan fingerprint density at radius 3 is 2.63 bits per heavy atom. The van der Waals surface area contributed by atoms with Crippen LogP contribution in [-0.4, -0.2) is 40.4 Å². The van der Waals surface area contributed by atoms with Crippen molar-refractivity contribution in [3.63, 3.8) is 0 Å². The minimum atomic E-state index is 0.519. The second-order valence-corrected chi connectivity index (χ2v) is 8.51. The lowest BCUT2D eigenvalue weighted by molar-refractivity contribution is 0.189. The van der Waals surface area contributed by atoms with E-state index >= 15 is 0 Å². The van der Waals surface area contributed by atoms with Crippen molar-refractivity contribution in [2.45, 2.75) is 56.5 Å². The molecule has 2 aliphatic carbocycles. The van der Waals surface area contributed by atoms with Crippen LogP contribution in [0.4, 0.5) is 5.69 Å². The Morgan fingerprint density at radius 2 is 1.96 bits per heavy atom. The molecule has 0 bridgehead atoms. The molecule has 27 heavy (non-hydrogen) atoms. The molecule has 4 N–H and O–H groups in total. The van der Waals surface area contributed by atoms with Gasteiger partial charge in [0.2, 0.25) is 0 Å². The lowest BCUT2D eigenvalue weighted by Crippen LogP contribution is -2.35. The Bertz CT molecular complexity index is 766. The molecule has 0 atom stereocenters. The lowest BCUT2D eigenvalue weighted by atomic mass is 9.80. The monoisotopic (exact) mass is 366 g/mol. The van der Waals surface area contributed by atoms with Crippen molar-refractivity contribution >= 4 is 5.69 Å². The molecule has 1 aliphatic heterocycles. The molecule has 0 spiro atoms. The first-order valence-corrected chi connectivity index (χ1v) is 10.5. The molecule has 2 aromatic heterocycles. The van der Waals surface area contributed by atoms with Crippen LogP contribution >= 0.6 is 0 Å². The zero-order valence-electron chi connectivity index (χ0n) is 15.9. The SMILES string of the molecule is NCC1CC(n2cc(-c3ccc(NC4CCNCC4)cn3)c(C3CC3)n2)C1. The first-order chi connectivity index (χ1) is 13.3. The molecule has 3 aliphatic rings. The molecule has 3 fully saturated rings. The van der Waals surface area contributed by atoms with E-state index in [-0.39, 0.29) is 0 Å². The van der Waals surface area contributed by atoms with Gasteiger partial charge in [-0.25, -0.2) is 0 Å². The third-order valence-electron chi connectivity index (χ3n) is 6.39. The summed E-state index contributed by atoms with van der Waals surface area (Å²) in [6.07, 6.45) is 11.4. The van der Waals surface area contributed by atoms with Gasteiger partial charge in [-0.1, -0.05) is 0 Å². The van der Waals surface area contributed by atoms with Crippen LogP contribution in [-0.2, 0) is 0 Å². The van der Waals surface area contributed by atoms with Gasteiger partial charge in [-0.2, -0.15) is 5.10 Å². The molecule has 5 rings (SSSR count). The third-order valence-corrected chi connectivity index (χ3v) is 6.39. The van der Waals surface area contributed by atoms with Crippen molar-refractivity contribution < 1.29 is 0 Å². The van der Waals surface area contributed by atoms with Gasteiger partial charge in [-0.3, -0.25) is 9.67 Å². The Morgan fingerprint density at radius 1 is 1.15 bits per heavy atom. The van der Waals surface area contributed by atoms with E-state index in [9.17, 15) is 0 Å². The molecule has 6 nitrogen and oxygen atoms in total. The van der Waals surface area contributed by atoms with Crippen LogP contribution in [0.25, 0.3) is 11.3 Å². The van der Waals surface area contributed by atoms with Gasteiger partial charge in [-0.05, 0) is 76.2 Å². The van der Waals surface area contributed by atoms with Crippen LogP contribution in [0.15, 0.2) is 24.5 Å². The van der Waals surface area contributed by atoms with E-state index < -0.39 is 0 Å². The van der Waals surface area contributed by atoms with E-state index in [1.165, 1.54) is 36.9 Å². The van der Waals surface area contributed by atoms with E-state index in [1.54, 1.807) is 0 Å². The molecule has 6 heteroatoms. The Kier molecular flexibility index (Phi) is 4.61. The van der Waals surface area contributed by atoms with Crippen molar-refractivity contribution in [2.75, 3.05) is 25.0 Å². The minimum absolute atomic E-state index is 0.519. The molecule has 3 heterocycles. The summed E-state index contributed by atoms with van der Waals surface area (Å²) in [5.41, 5.74) is 10.4. The Balaban J connectivity index is 1.33. The highest BCUT2D eigenvalue weighted by Gasteiger charge is 2.34. The van der Waals surface area contributed by atoms with Crippen LogP contribution in [0.5, 0.6) is 0 Å². The summed E-state index contributed by atoms with van der Waals surface area (Å²) in [5.74, 6) is 1.30. The van der Waals surface area contributed by atoms with Gasteiger partial charge in [0.25, 0.3) is 0 Å². The summed E-state index contributed by atoms with van der Waals surface area (Å²) in [5, 5.41) is 12.0. The van der Waals surface area contributed by atoms with Gasteiger partial charge < -0.3 is 16.4 Å². The van der Waals surface area contributed by atoms with E-state index in [4.69, 9.17) is 15.8 Å². The smallest absolute Gasteiger partial charge is 0.0749 e. The average molecular weight is 367 g/mol. The fourth-order valence-electron chi connectivity index (χ4n) is 4.40. The van der Waals surface area contributed by atoms with Crippen LogP contribution in [0, 0.1) is 5.92 Å². The number of pyridine rings is 1. The van der Waals surface area contributed by atoms with E-state index in [2.05, 4.69) is 33.6 Å². The standard InChI is InChI=1S/C21H30N6/c22-11-14-9-18(10-14)27-13-19(21(26-27)15-1-2-15)20-4-3-17(12-24-20)25-16-5-7-23-8-6-16/h3-4,12-16,18,23,25H,1-2,5-11,22H2. The van der Waals surface area contributed by atoms with Crippen LogP contribution in [0.2, 0.25) is 0 Å².